The molecule has 0 saturated carbocycles. The molecule has 4 heterocycles. The Hall–Kier alpha value is -3.82. The van der Waals surface area contributed by atoms with E-state index in [4.69, 9.17) is 4.98 Å². The van der Waals surface area contributed by atoms with Crippen molar-refractivity contribution in [2.45, 2.75) is 52.4 Å². The predicted molar refractivity (Wildman–Crippen MR) is 175 cm³/mol. The number of benzene rings is 2. The molecule has 228 valence electrons. The average Bonchev–Trinajstić information content (AvgIpc) is 3.46. The van der Waals surface area contributed by atoms with Crippen LogP contribution in [0.3, 0.4) is 0 Å². The molecular formula is C35H38FN5O2S. The molecule has 2 aromatic heterocycles. The molecule has 3 aliphatic rings. The fraction of sp³-hybridized carbons (Fsp3) is 0.400. The van der Waals surface area contributed by atoms with E-state index in [-0.39, 0.29) is 22.7 Å². The van der Waals surface area contributed by atoms with Crippen molar-refractivity contribution >= 4 is 34.4 Å². The number of anilines is 3. The van der Waals surface area contributed by atoms with Crippen LogP contribution in [-0.4, -0.2) is 47.0 Å². The number of hydrogen-bond donors (Lipinski definition) is 1. The number of nitrogens with zero attached hydrogens (tertiary/aromatic N) is 4. The van der Waals surface area contributed by atoms with Gasteiger partial charge in [0.2, 0.25) is 0 Å². The van der Waals surface area contributed by atoms with Crippen LogP contribution in [0.4, 0.5) is 21.6 Å². The molecule has 0 atom stereocenters. The molecule has 0 spiro atoms. The van der Waals surface area contributed by atoms with Crippen LogP contribution in [0.5, 0.6) is 0 Å². The van der Waals surface area contributed by atoms with E-state index in [1.165, 1.54) is 38.3 Å². The molecule has 1 N–H and O–H groups in total. The molecule has 1 aliphatic carbocycles. The van der Waals surface area contributed by atoms with Gasteiger partial charge in [-0.1, -0.05) is 32.9 Å². The Bertz CT molecular complexity index is 1850. The van der Waals surface area contributed by atoms with Gasteiger partial charge in [-0.05, 0) is 84.7 Å². The standard InChI is InChI=1S/C35H38FN5O2S/c1-6-24-26(28-19-40(5)34(43)32(38-28)37-23-9-7-20(8-10-23)21-17-39(4)18-21)13-22(36)14-29(24)41-12-11-25-27-15-35(2,3)16-30(27)44-31(25)33(41)42/h7-10,13-14,19,21H,6,11-12,15-18H2,1-5H3,(H,37,38). The van der Waals surface area contributed by atoms with Gasteiger partial charge in [0.05, 0.1) is 16.3 Å². The van der Waals surface area contributed by atoms with Gasteiger partial charge in [-0.2, -0.15) is 0 Å². The first-order valence-electron chi connectivity index (χ1n) is 15.4. The monoisotopic (exact) mass is 611 g/mol. The number of hydrogen-bond acceptors (Lipinski definition) is 6. The van der Waals surface area contributed by atoms with Gasteiger partial charge in [0.1, 0.15) is 5.82 Å². The molecule has 0 unspecified atom stereocenters. The van der Waals surface area contributed by atoms with E-state index in [0.29, 0.717) is 35.8 Å². The van der Waals surface area contributed by atoms with E-state index >= 15 is 4.39 Å². The van der Waals surface area contributed by atoms with E-state index in [0.717, 1.165) is 48.5 Å². The van der Waals surface area contributed by atoms with E-state index in [1.807, 2.05) is 19.1 Å². The van der Waals surface area contributed by atoms with Gasteiger partial charge >= 0.3 is 0 Å². The molecule has 0 bridgehead atoms. The zero-order chi connectivity index (χ0) is 30.9. The normalized spacial score (nSPS) is 17.9. The zero-order valence-corrected chi connectivity index (χ0v) is 26.8. The van der Waals surface area contributed by atoms with Gasteiger partial charge in [-0.3, -0.25) is 9.59 Å². The number of rotatable bonds is 6. The first kappa shape index (κ1) is 28.9. The van der Waals surface area contributed by atoms with Crippen LogP contribution in [0.15, 0.2) is 47.4 Å². The van der Waals surface area contributed by atoms with Gasteiger partial charge in [-0.15, -0.1) is 11.3 Å². The summed E-state index contributed by atoms with van der Waals surface area (Å²) in [6, 6.07) is 11.1. The summed E-state index contributed by atoms with van der Waals surface area (Å²) in [7, 11) is 3.79. The summed E-state index contributed by atoms with van der Waals surface area (Å²) in [5.41, 5.74) is 7.02. The van der Waals surface area contributed by atoms with Gasteiger partial charge in [-0.25, -0.2) is 9.37 Å². The molecule has 2 aliphatic heterocycles. The molecule has 2 aromatic carbocycles. The highest BCUT2D eigenvalue weighted by Gasteiger charge is 2.38. The minimum Gasteiger partial charge on any atom is -0.336 e. The van der Waals surface area contributed by atoms with E-state index in [1.54, 1.807) is 29.5 Å². The summed E-state index contributed by atoms with van der Waals surface area (Å²) in [5.74, 6) is 0.207. The minimum atomic E-state index is -0.441. The quantitative estimate of drug-likeness (QED) is 0.277. The van der Waals surface area contributed by atoms with Crippen LogP contribution in [0.2, 0.25) is 0 Å². The Kier molecular flexibility index (Phi) is 7.01. The summed E-state index contributed by atoms with van der Waals surface area (Å²) >= 11 is 1.62. The Balaban J connectivity index is 1.22. The maximum absolute atomic E-state index is 15.4. The van der Waals surface area contributed by atoms with Gasteiger partial charge < -0.3 is 19.7 Å². The number of halogens is 1. The van der Waals surface area contributed by atoms with Crippen molar-refractivity contribution < 1.29 is 9.18 Å². The fourth-order valence-electron chi connectivity index (χ4n) is 7.16. The Morgan fingerprint density at radius 2 is 1.82 bits per heavy atom. The molecule has 7 rings (SSSR count). The van der Waals surface area contributed by atoms with Crippen LogP contribution >= 0.6 is 11.3 Å². The summed E-state index contributed by atoms with van der Waals surface area (Å²) in [5, 5.41) is 3.19. The van der Waals surface area contributed by atoms with E-state index in [9.17, 15) is 9.59 Å². The lowest BCUT2D eigenvalue weighted by molar-refractivity contribution is 0.0984. The van der Waals surface area contributed by atoms with Crippen molar-refractivity contribution in [3.63, 3.8) is 0 Å². The lowest BCUT2D eigenvalue weighted by Gasteiger charge is -2.36. The van der Waals surface area contributed by atoms with Crippen molar-refractivity contribution in [1.82, 2.24) is 14.5 Å². The first-order chi connectivity index (χ1) is 21.0. The summed E-state index contributed by atoms with van der Waals surface area (Å²) in [6.45, 7) is 9.17. The van der Waals surface area contributed by atoms with Crippen LogP contribution in [-0.2, 0) is 32.7 Å². The number of likely N-dealkylation sites (N-methyl/N-ethyl adjacent to an activating group) is 1. The SMILES string of the molecule is CCc1c(-c2cn(C)c(=O)c(Nc3ccc(C4CN(C)C4)cc3)n2)cc(F)cc1N1CCc2c(sc3c2CC(C)(C)C3)C1=O. The number of fused-ring (bicyclic) bond motifs is 3. The maximum atomic E-state index is 15.4. The second-order valence-corrected chi connectivity index (χ2v) is 14.5. The molecule has 7 nitrogen and oxygen atoms in total. The second-order valence-electron chi connectivity index (χ2n) is 13.4. The molecule has 4 aromatic rings. The zero-order valence-electron chi connectivity index (χ0n) is 26.0. The molecule has 1 amide bonds. The van der Waals surface area contributed by atoms with Crippen LogP contribution in [0.1, 0.15) is 63.5 Å². The van der Waals surface area contributed by atoms with E-state index < -0.39 is 5.82 Å². The fourth-order valence-corrected chi connectivity index (χ4v) is 8.73. The summed E-state index contributed by atoms with van der Waals surface area (Å²) in [4.78, 5) is 37.9. The number of amides is 1. The largest absolute Gasteiger partial charge is 0.336 e. The average molecular weight is 612 g/mol. The Labute approximate surface area is 261 Å². The van der Waals surface area contributed by atoms with Crippen molar-refractivity contribution in [3.05, 3.63) is 90.8 Å². The van der Waals surface area contributed by atoms with Crippen LogP contribution in [0, 0.1) is 11.2 Å². The number of nitrogens with one attached hydrogen (secondary N) is 1. The summed E-state index contributed by atoms with van der Waals surface area (Å²) < 4.78 is 16.8. The molecule has 44 heavy (non-hydrogen) atoms. The first-order valence-corrected chi connectivity index (χ1v) is 16.2. The molecule has 0 radical (unpaired) electrons. The van der Waals surface area contributed by atoms with Gasteiger partial charge in [0.25, 0.3) is 11.5 Å². The number of aryl methyl sites for hydroxylation is 1. The van der Waals surface area contributed by atoms with Crippen molar-refractivity contribution in [3.8, 4) is 11.3 Å². The third-order valence-electron chi connectivity index (χ3n) is 9.41. The number of aromatic nitrogens is 2. The number of carbonyl (C=O) groups is 1. The smallest absolute Gasteiger partial charge is 0.293 e. The topological polar surface area (TPSA) is 70.5 Å². The predicted octanol–water partition coefficient (Wildman–Crippen LogP) is 6.31. The Morgan fingerprint density at radius 3 is 2.52 bits per heavy atom. The van der Waals surface area contributed by atoms with Crippen LogP contribution < -0.4 is 15.8 Å². The lowest BCUT2D eigenvalue weighted by Crippen LogP contribution is -2.41. The number of likely N-dealkylation sites (tertiary alicyclic amines) is 1. The molecular weight excluding hydrogens is 573 g/mol. The highest BCUT2D eigenvalue weighted by molar-refractivity contribution is 7.14. The number of thiophene rings is 1. The maximum Gasteiger partial charge on any atom is 0.293 e. The third kappa shape index (κ3) is 4.96. The highest BCUT2D eigenvalue weighted by atomic mass is 32.1. The van der Waals surface area contributed by atoms with Gasteiger partial charge in [0, 0.05) is 54.9 Å². The van der Waals surface area contributed by atoms with Crippen molar-refractivity contribution in [2.75, 3.05) is 36.9 Å². The van der Waals surface area contributed by atoms with Gasteiger partial charge in [0.15, 0.2) is 5.82 Å². The second kappa shape index (κ2) is 10.7. The molecule has 1 saturated heterocycles. The van der Waals surface area contributed by atoms with Crippen LogP contribution in [0.25, 0.3) is 11.3 Å². The summed E-state index contributed by atoms with van der Waals surface area (Å²) in [6.07, 6.45) is 4.97. The minimum absolute atomic E-state index is 0.0533. The van der Waals surface area contributed by atoms with Crippen molar-refractivity contribution in [2.24, 2.45) is 12.5 Å². The molecule has 9 heteroatoms. The van der Waals surface area contributed by atoms with Crippen molar-refractivity contribution in [1.29, 1.82) is 0 Å². The lowest BCUT2D eigenvalue weighted by atomic mass is 9.89. The number of carbonyl (C=O) groups excluding carboxylic acids is 1. The highest BCUT2D eigenvalue weighted by Crippen LogP contribution is 2.46. The van der Waals surface area contributed by atoms with E-state index in [2.05, 4.69) is 43.2 Å². The Morgan fingerprint density at radius 1 is 1.07 bits per heavy atom. The third-order valence-corrected chi connectivity index (χ3v) is 10.7. The molecule has 1 fully saturated rings.